The molecule has 0 aromatic heterocycles. The van der Waals surface area contributed by atoms with Crippen molar-refractivity contribution < 1.29 is 0 Å². The highest BCUT2D eigenvalue weighted by molar-refractivity contribution is 5.16. The Morgan fingerprint density at radius 3 is 2.76 bits per heavy atom. The molecule has 1 aliphatic heterocycles. The van der Waals surface area contributed by atoms with E-state index in [1.807, 2.05) is 0 Å². The van der Waals surface area contributed by atoms with Crippen LogP contribution in [0.15, 0.2) is 30.3 Å². The molecule has 0 aliphatic carbocycles. The molecule has 1 aromatic rings. The van der Waals surface area contributed by atoms with Gasteiger partial charge >= 0.3 is 0 Å². The molecule has 1 aromatic carbocycles. The molecule has 1 nitrogen and oxygen atoms in total. The third-order valence-corrected chi connectivity index (χ3v) is 4.40. The van der Waals surface area contributed by atoms with Crippen LogP contribution >= 0.6 is 0 Å². The molecule has 1 saturated heterocycles. The van der Waals surface area contributed by atoms with Crippen molar-refractivity contribution in [1.29, 1.82) is 0 Å². The Balaban J connectivity index is 2.06. The van der Waals surface area contributed by atoms with Gasteiger partial charge in [-0.3, -0.25) is 0 Å². The van der Waals surface area contributed by atoms with Crippen molar-refractivity contribution in [2.45, 2.75) is 39.5 Å². The summed E-state index contributed by atoms with van der Waals surface area (Å²) in [5.74, 6) is 0.790. The second-order valence-electron chi connectivity index (χ2n) is 5.74. The average Bonchev–Trinajstić information content (AvgIpc) is 2.34. The minimum absolute atomic E-state index is 0.538. The number of piperidine rings is 1. The molecule has 1 heteroatoms. The van der Waals surface area contributed by atoms with E-state index in [1.165, 1.54) is 44.3 Å². The number of nitrogens with one attached hydrogen (secondary N) is 1. The van der Waals surface area contributed by atoms with Crippen LogP contribution in [0.5, 0.6) is 0 Å². The Labute approximate surface area is 106 Å². The van der Waals surface area contributed by atoms with Gasteiger partial charge < -0.3 is 5.32 Å². The monoisotopic (exact) mass is 231 g/mol. The zero-order chi connectivity index (χ0) is 12.1. The lowest BCUT2D eigenvalue weighted by Gasteiger charge is -2.42. The summed E-state index contributed by atoms with van der Waals surface area (Å²) in [5, 5.41) is 3.57. The zero-order valence-electron chi connectivity index (χ0n) is 11.2. The molecular weight excluding hydrogens is 206 g/mol. The molecule has 2 unspecified atom stereocenters. The van der Waals surface area contributed by atoms with Gasteiger partial charge in [0.1, 0.15) is 0 Å². The summed E-state index contributed by atoms with van der Waals surface area (Å²) in [7, 11) is 0. The predicted molar refractivity (Wildman–Crippen MR) is 74.1 cm³/mol. The highest BCUT2D eigenvalue weighted by Gasteiger charge is 2.35. The van der Waals surface area contributed by atoms with Crippen LogP contribution in [-0.4, -0.2) is 13.1 Å². The van der Waals surface area contributed by atoms with Gasteiger partial charge in [0.2, 0.25) is 0 Å². The Morgan fingerprint density at radius 1 is 1.29 bits per heavy atom. The van der Waals surface area contributed by atoms with E-state index in [4.69, 9.17) is 0 Å². The van der Waals surface area contributed by atoms with Gasteiger partial charge in [-0.15, -0.1) is 0 Å². The first-order valence-corrected chi connectivity index (χ1v) is 6.99. The van der Waals surface area contributed by atoms with Gasteiger partial charge in [0, 0.05) is 0 Å². The van der Waals surface area contributed by atoms with Crippen molar-refractivity contribution >= 4 is 0 Å². The van der Waals surface area contributed by atoms with Crippen LogP contribution < -0.4 is 5.32 Å². The Hall–Kier alpha value is -0.820. The molecule has 0 saturated carbocycles. The molecule has 2 atom stereocenters. The second kappa shape index (κ2) is 5.68. The van der Waals surface area contributed by atoms with E-state index in [9.17, 15) is 0 Å². The molecule has 2 rings (SSSR count). The van der Waals surface area contributed by atoms with E-state index in [1.54, 1.807) is 0 Å². The lowest BCUT2D eigenvalue weighted by atomic mass is 9.67. The largest absolute Gasteiger partial charge is 0.316 e. The maximum atomic E-state index is 3.57. The molecule has 0 bridgehead atoms. The fourth-order valence-corrected chi connectivity index (χ4v) is 3.22. The Bertz CT molecular complexity index is 329. The normalized spacial score (nSPS) is 29.2. The van der Waals surface area contributed by atoms with Crippen molar-refractivity contribution in [3.8, 4) is 0 Å². The lowest BCUT2D eigenvalue weighted by Crippen LogP contribution is -2.44. The SMILES string of the molecule is CCCC1(C)CCNCC1Cc1ccccc1. The van der Waals surface area contributed by atoms with Crippen molar-refractivity contribution in [3.05, 3.63) is 35.9 Å². The Morgan fingerprint density at radius 2 is 2.06 bits per heavy atom. The van der Waals surface area contributed by atoms with Crippen LogP contribution in [0.2, 0.25) is 0 Å². The third-order valence-electron chi connectivity index (χ3n) is 4.40. The van der Waals surface area contributed by atoms with Gasteiger partial charge in [-0.2, -0.15) is 0 Å². The number of hydrogen-bond donors (Lipinski definition) is 1. The molecule has 0 radical (unpaired) electrons. The first kappa shape index (κ1) is 12.6. The minimum atomic E-state index is 0.538. The lowest BCUT2D eigenvalue weighted by molar-refractivity contribution is 0.116. The summed E-state index contributed by atoms with van der Waals surface area (Å²) in [6.07, 6.45) is 5.23. The van der Waals surface area contributed by atoms with E-state index < -0.39 is 0 Å². The molecule has 1 fully saturated rings. The molecule has 1 N–H and O–H groups in total. The molecule has 0 spiro atoms. The minimum Gasteiger partial charge on any atom is -0.316 e. The van der Waals surface area contributed by atoms with Gasteiger partial charge in [-0.25, -0.2) is 0 Å². The highest BCUT2D eigenvalue weighted by atomic mass is 14.9. The van der Waals surface area contributed by atoms with Crippen molar-refractivity contribution in [3.63, 3.8) is 0 Å². The molecule has 0 amide bonds. The molecule has 1 aliphatic rings. The molecule has 94 valence electrons. The summed E-state index contributed by atoms with van der Waals surface area (Å²) >= 11 is 0. The summed E-state index contributed by atoms with van der Waals surface area (Å²) in [6, 6.07) is 10.9. The van der Waals surface area contributed by atoms with E-state index in [2.05, 4.69) is 49.5 Å². The fourth-order valence-electron chi connectivity index (χ4n) is 3.22. The van der Waals surface area contributed by atoms with Crippen LogP contribution in [0.1, 0.15) is 38.7 Å². The predicted octanol–water partition coefficient (Wildman–Crippen LogP) is 3.65. The molecular formula is C16H25N. The van der Waals surface area contributed by atoms with E-state index >= 15 is 0 Å². The fraction of sp³-hybridized carbons (Fsp3) is 0.625. The Kier molecular flexibility index (Phi) is 4.22. The highest BCUT2D eigenvalue weighted by Crippen LogP contribution is 2.39. The van der Waals surface area contributed by atoms with Gasteiger partial charge in [0.05, 0.1) is 0 Å². The smallest absolute Gasteiger partial charge is 0.00121 e. The van der Waals surface area contributed by atoms with Crippen LogP contribution in [0.4, 0.5) is 0 Å². The first-order valence-electron chi connectivity index (χ1n) is 6.99. The second-order valence-corrected chi connectivity index (χ2v) is 5.74. The maximum Gasteiger partial charge on any atom is -0.00121 e. The summed E-state index contributed by atoms with van der Waals surface area (Å²) in [5.41, 5.74) is 2.03. The standard InChI is InChI=1S/C16H25N/c1-3-9-16(2)10-11-17-13-15(16)12-14-7-5-4-6-8-14/h4-8,15,17H,3,9-13H2,1-2H3. The number of rotatable bonds is 4. The third kappa shape index (κ3) is 3.10. The topological polar surface area (TPSA) is 12.0 Å². The van der Waals surface area contributed by atoms with Gasteiger partial charge in [-0.05, 0) is 49.2 Å². The summed E-state index contributed by atoms with van der Waals surface area (Å²) < 4.78 is 0. The quantitative estimate of drug-likeness (QED) is 0.834. The average molecular weight is 231 g/mol. The van der Waals surface area contributed by atoms with Gasteiger partial charge in [-0.1, -0.05) is 50.6 Å². The summed E-state index contributed by atoms with van der Waals surface area (Å²) in [4.78, 5) is 0. The van der Waals surface area contributed by atoms with Crippen LogP contribution in [0.25, 0.3) is 0 Å². The van der Waals surface area contributed by atoms with Crippen LogP contribution in [-0.2, 0) is 6.42 Å². The van der Waals surface area contributed by atoms with Gasteiger partial charge in [0.15, 0.2) is 0 Å². The van der Waals surface area contributed by atoms with Crippen LogP contribution in [0.3, 0.4) is 0 Å². The maximum absolute atomic E-state index is 3.57. The zero-order valence-corrected chi connectivity index (χ0v) is 11.2. The molecule has 1 heterocycles. The van der Waals surface area contributed by atoms with Crippen molar-refractivity contribution in [2.75, 3.05) is 13.1 Å². The van der Waals surface area contributed by atoms with Crippen molar-refractivity contribution in [2.24, 2.45) is 11.3 Å². The van der Waals surface area contributed by atoms with E-state index in [-0.39, 0.29) is 0 Å². The van der Waals surface area contributed by atoms with Gasteiger partial charge in [0.25, 0.3) is 0 Å². The summed E-state index contributed by atoms with van der Waals surface area (Å²) in [6.45, 7) is 7.19. The van der Waals surface area contributed by atoms with Crippen molar-refractivity contribution in [1.82, 2.24) is 5.32 Å². The number of benzene rings is 1. The van der Waals surface area contributed by atoms with Crippen LogP contribution in [0, 0.1) is 11.3 Å². The first-order chi connectivity index (χ1) is 8.24. The molecule has 17 heavy (non-hydrogen) atoms. The van der Waals surface area contributed by atoms with E-state index in [0.717, 1.165) is 5.92 Å². The number of hydrogen-bond acceptors (Lipinski definition) is 1. The van der Waals surface area contributed by atoms with E-state index in [0.29, 0.717) is 5.41 Å².